The van der Waals surface area contributed by atoms with E-state index in [-0.39, 0.29) is 0 Å². The van der Waals surface area contributed by atoms with Gasteiger partial charge in [-0.2, -0.15) is 0 Å². The normalized spacial score (nSPS) is 13.4. The third-order valence-electron chi connectivity index (χ3n) is 4.85. The Kier molecular flexibility index (Phi) is 5.62. The van der Waals surface area contributed by atoms with Crippen molar-refractivity contribution in [2.45, 2.75) is 0 Å². The average Bonchev–Trinajstić information content (AvgIpc) is 2.68. The van der Waals surface area contributed by atoms with Crippen LogP contribution in [0, 0.1) is 0 Å². The maximum absolute atomic E-state index is 2.84. The summed E-state index contributed by atoms with van der Waals surface area (Å²) in [6, 6.07) is 33.3. The van der Waals surface area contributed by atoms with Crippen molar-refractivity contribution in [2.75, 3.05) is 26.8 Å². The molecule has 0 aliphatic rings. The van der Waals surface area contributed by atoms with Crippen LogP contribution in [0.4, 0.5) is 0 Å². The van der Waals surface area contributed by atoms with E-state index >= 15 is 0 Å². The molecule has 130 valence electrons. The van der Waals surface area contributed by atoms with Gasteiger partial charge in [-0.15, -0.1) is 0 Å². The van der Waals surface area contributed by atoms with Gasteiger partial charge in [-0.05, 0) is 0 Å². The first-order valence-electron chi connectivity index (χ1n) is 8.60. The second kappa shape index (κ2) is 7.57. The van der Waals surface area contributed by atoms with Crippen molar-refractivity contribution in [3.05, 3.63) is 91.0 Å². The second-order valence-corrected chi connectivity index (χ2v) is 17.5. The molecule has 3 aromatic rings. The molecule has 25 heavy (non-hydrogen) atoms. The molecule has 0 N–H and O–H groups in total. The van der Waals surface area contributed by atoms with Crippen LogP contribution in [0.3, 0.4) is 0 Å². The molecule has 0 atom stereocenters. The minimum atomic E-state index is -2.57. The van der Waals surface area contributed by atoms with Gasteiger partial charge in [0.2, 0.25) is 0 Å². The van der Waals surface area contributed by atoms with Gasteiger partial charge in [0.25, 0.3) is 0 Å². The summed E-state index contributed by atoms with van der Waals surface area (Å²) in [5.41, 5.74) is 0. The van der Waals surface area contributed by atoms with E-state index in [1.807, 2.05) is 0 Å². The van der Waals surface area contributed by atoms with E-state index in [0.29, 0.717) is 0 Å². The van der Waals surface area contributed by atoms with Crippen molar-refractivity contribution in [2.24, 2.45) is 0 Å². The van der Waals surface area contributed by atoms with Gasteiger partial charge in [0.05, 0.1) is 0 Å². The van der Waals surface area contributed by atoms with Crippen molar-refractivity contribution < 1.29 is 0 Å². The van der Waals surface area contributed by atoms with E-state index in [0.717, 1.165) is 12.7 Å². The molecule has 1 nitrogen and oxygen atoms in total. The summed E-state index contributed by atoms with van der Waals surface area (Å²) >= 11 is 2.84. The molecule has 0 aliphatic carbocycles. The fourth-order valence-corrected chi connectivity index (χ4v) is 11.8. The van der Waals surface area contributed by atoms with Gasteiger partial charge < -0.3 is 0 Å². The first-order chi connectivity index (χ1) is 12.1. The van der Waals surface area contributed by atoms with Gasteiger partial charge in [-0.3, -0.25) is 0 Å². The van der Waals surface area contributed by atoms with Crippen LogP contribution in [0.25, 0.3) is 0 Å². The van der Waals surface area contributed by atoms with Crippen LogP contribution < -0.4 is 15.9 Å². The Morgan fingerprint density at radius 2 is 0.960 bits per heavy atom. The molecular weight excluding hydrogens is 436 g/mol. The molecule has 0 fully saturated rings. The molecule has 0 aliphatic heterocycles. The van der Waals surface area contributed by atoms with Crippen molar-refractivity contribution in [3.8, 4) is 0 Å². The van der Waals surface area contributed by atoms with E-state index in [2.05, 4.69) is 132 Å². The van der Waals surface area contributed by atoms with Crippen LogP contribution in [0.2, 0.25) is 0 Å². The molecule has 0 saturated carbocycles. The fourth-order valence-electron chi connectivity index (χ4n) is 3.44. The molecule has 0 radical (unpaired) electrons. The van der Waals surface area contributed by atoms with Crippen molar-refractivity contribution in [1.82, 2.24) is 4.90 Å². The number of nitrogens with zero attached hydrogens (tertiary/aromatic N) is 1. The van der Waals surface area contributed by atoms with Crippen LogP contribution in [0.15, 0.2) is 91.0 Å². The molecular formula is C22H25INP. The predicted molar refractivity (Wildman–Crippen MR) is 123 cm³/mol. The van der Waals surface area contributed by atoms with Gasteiger partial charge in [0.15, 0.2) is 0 Å². The topological polar surface area (TPSA) is 3.24 Å². The van der Waals surface area contributed by atoms with E-state index in [1.54, 1.807) is 0 Å². The van der Waals surface area contributed by atoms with E-state index in [4.69, 9.17) is 0 Å². The van der Waals surface area contributed by atoms with Gasteiger partial charge in [0, 0.05) is 0 Å². The van der Waals surface area contributed by atoms with Crippen molar-refractivity contribution in [1.29, 1.82) is 0 Å². The molecule has 3 aromatic carbocycles. The van der Waals surface area contributed by atoms with E-state index in [1.165, 1.54) is 15.9 Å². The third kappa shape index (κ3) is 3.40. The fraction of sp³-hybridized carbons (Fsp3) is 0.182. The quantitative estimate of drug-likeness (QED) is 0.388. The summed E-state index contributed by atoms with van der Waals surface area (Å²) in [7, 11) is 4.33. The summed E-state index contributed by atoms with van der Waals surface area (Å²) in [5.74, 6) is 0. The summed E-state index contributed by atoms with van der Waals surface area (Å²) in [5, 5.41) is 4.36. The zero-order valence-corrected chi connectivity index (χ0v) is 17.9. The molecule has 0 spiro atoms. The Morgan fingerprint density at radius 1 is 0.640 bits per heavy atom. The molecule has 0 unspecified atom stereocenters. The monoisotopic (exact) mass is 461 g/mol. The zero-order chi connectivity index (χ0) is 17.8. The summed E-state index contributed by atoms with van der Waals surface area (Å²) < 4.78 is -2.57. The average molecular weight is 461 g/mol. The molecule has 0 heterocycles. The first kappa shape index (κ1) is 18.6. The zero-order valence-electron chi connectivity index (χ0n) is 14.8. The standard InChI is InChI=1S/C22H25INP/c1-24(2)18-19-25(23,20-12-6-3-7-13-20,21-14-8-4-9-15-21)22-16-10-5-11-17-22/h3-17H,18-19H2,1-2H3. The predicted octanol–water partition coefficient (Wildman–Crippen LogP) is 4.43. The number of halogens is 1. The Bertz CT molecular complexity index is 704. The summed E-state index contributed by atoms with van der Waals surface area (Å²) in [6.45, 7) is 1.06. The Hall–Kier alpha value is -1.22. The van der Waals surface area contributed by atoms with Crippen LogP contribution in [-0.2, 0) is 0 Å². The summed E-state index contributed by atoms with van der Waals surface area (Å²) in [4.78, 5) is 2.30. The summed E-state index contributed by atoms with van der Waals surface area (Å²) in [6.07, 6.45) is 1.12. The van der Waals surface area contributed by atoms with Gasteiger partial charge in [-0.25, -0.2) is 0 Å². The number of benzene rings is 3. The number of hydrogen-bond donors (Lipinski definition) is 0. The van der Waals surface area contributed by atoms with Crippen LogP contribution in [0.1, 0.15) is 0 Å². The van der Waals surface area contributed by atoms with Crippen molar-refractivity contribution in [3.63, 3.8) is 0 Å². The molecule has 0 bridgehead atoms. The third-order valence-corrected chi connectivity index (χ3v) is 16.5. The first-order valence-corrected chi connectivity index (χ1v) is 13.8. The second-order valence-electron chi connectivity index (χ2n) is 6.72. The maximum atomic E-state index is 2.84. The van der Waals surface area contributed by atoms with Gasteiger partial charge in [0.1, 0.15) is 0 Å². The number of rotatable bonds is 6. The van der Waals surface area contributed by atoms with Crippen molar-refractivity contribution >= 4 is 42.2 Å². The SMILES string of the molecule is CN(C)CCP(I)(c1ccccc1)(c1ccccc1)c1ccccc1. The van der Waals surface area contributed by atoms with Crippen LogP contribution in [0.5, 0.6) is 0 Å². The van der Waals surface area contributed by atoms with Crippen LogP contribution in [-0.4, -0.2) is 31.7 Å². The molecule has 0 saturated heterocycles. The number of hydrogen-bond acceptors (Lipinski definition) is 1. The molecule has 0 aromatic heterocycles. The Labute approximate surface area is 164 Å². The van der Waals surface area contributed by atoms with E-state index < -0.39 is 4.25 Å². The Morgan fingerprint density at radius 3 is 1.24 bits per heavy atom. The molecule has 3 rings (SSSR count). The molecule has 0 amide bonds. The van der Waals surface area contributed by atoms with Crippen LogP contribution >= 0.6 is 26.3 Å². The minimum absolute atomic E-state index is 1.06. The van der Waals surface area contributed by atoms with E-state index in [9.17, 15) is 0 Å². The molecule has 3 heteroatoms. The van der Waals surface area contributed by atoms with Gasteiger partial charge in [-0.1, -0.05) is 0 Å². The van der Waals surface area contributed by atoms with Gasteiger partial charge >= 0.3 is 165 Å². The Balaban J connectivity index is 2.36.